The molecule has 1 unspecified atom stereocenters. The molecule has 2 atom stereocenters. The largest absolute Gasteiger partial charge is 0.481 e. The lowest BCUT2D eigenvalue weighted by Gasteiger charge is -2.24. The number of alkyl carbamates (subject to hydrolysis) is 1. The van der Waals surface area contributed by atoms with E-state index in [0.717, 1.165) is 5.56 Å². The molecule has 0 saturated heterocycles. The summed E-state index contributed by atoms with van der Waals surface area (Å²) in [4.78, 5) is 23.0. The molecule has 0 saturated carbocycles. The summed E-state index contributed by atoms with van der Waals surface area (Å²) in [6, 6.07) is 6.95. The van der Waals surface area contributed by atoms with Gasteiger partial charge in [0, 0.05) is 11.7 Å². The van der Waals surface area contributed by atoms with Crippen LogP contribution in [0.1, 0.15) is 39.7 Å². The number of nitrogens with one attached hydrogen (secondary N) is 1. The minimum Gasteiger partial charge on any atom is -0.481 e. The van der Waals surface area contributed by atoms with E-state index in [4.69, 9.17) is 15.6 Å². The van der Waals surface area contributed by atoms with Gasteiger partial charge < -0.3 is 20.9 Å². The smallest absolute Gasteiger partial charge is 0.407 e. The van der Waals surface area contributed by atoms with E-state index in [9.17, 15) is 9.59 Å². The van der Waals surface area contributed by atoms with Crippen molar-refractivity contribution in [2.24, 2.45) is 5.92 Å². The molecule has 0 aliphatic rings. The monoisotopic (exact) mass is 322 g/mol. The lowest BCUT2D eigenvalue weighted by atomic mass is 9.96. The maximum absolute atomic E-state index is 12.0. The summed E-state index contributed by atoms with van der Waals surface area (Å²) < 4.78 is 5.25. The zero-order valence-electron chi connectivity index (χ0n) is 14.1. The van der Waals surface area contributed by atoms with Crippen LogP contribution in [0.3, 0.4) is 0 Å². The topological polar surface area (TPSA) is 102 Å². The van der Waals surface area contributed by atoms with Crippen LogP contribution in [0.4, 0.5) is 10.5 Å². The van der Waals surface area contributed by atoms with E-state index in [1.54, 1.807) is 39.8 Å². The number of rotatable bonds is 6. The average molecular weight is 322 g/mol. The van der Waals surface area contributed by atoms with Gasteiger partial charge in [-0.2, -0.15) is 0 Å². The molecule has 1 aromatic rings. The fourth-order valence-corrected chi connectivity index (χ4v) is 2.13. The fraction of sp³-hybridized carbons (Fsp3) is 0.529. The zero-order valence-corrected chi connectivity index (χ0v) is 14.1. The summed E-state index contributed by atoms with van der Waals surface area (Å²) in [6.45, 7) is 6.96. The molecule has 1 aromatic carbocycles. The second-order valence-electron chi connectivity index (χ2n) is 6.76. The number of ether oxygens (including phenoxy) is 1. The van der Waals surface area contributed by atoms with Crippen molar-refractivity contribution in [1.82, 2.24) is 5.32 Å². The first-order valence-electron chi connectivity index (χ1n) is 7.63. The Labute approximate surface area is 137 Å². The number of carbonyl (C=O) groups is 2. The van der Waals surface area contributed by atoms with E-state index in [1.807, 2.05) is 12.1 Å². The quantitative estimate of drug-likeness (QED) is 0.699. The Morgan fingerprint density at radius 3 is 2.30 bits per heavy atom. The Morgan fingerprint density at radius 2 is 1.83 bits per heavy atom. The first-order valence-corrected chi connectivity index (χ1v) is 7.63. The number of aliphatic carboxylic acids is 1. The van der Waals surface area contributed by atoms with Crippen LogP contribution in [0.5, 0.6) is 0 Å². The summed E-state index contributed by atoms with van der Waals surface area (Å²) in [5.74, 6) is -1.46. The van der Waals surface area contributed by atoms with Crippen molar-refractivity contribution in [3.63, 3.8) is 0 Å². The number of anilines is 1. The minimum absolute atomic E-state index is 0.318. The maximum Gasteiger partial charge on any atom is 0.407 e. The van der Waals surface area contributed by atoms with E-state index >= 15 is 0 Å². The van der Waals surface area contributed by atoms with Crippen LogP contribution >= 0.6 is 0 Å². The summed E-state index contributed by atoms with van der Waals surface area (Å²) >= 11 is 0. The van der Waals surface area contributed by atoms with Gasteiger partial charge in [0.1, 0.15) is 5.60 Å². The zero-order chi connectivity index (χ0) is 17.6. The Kier molecular flexibility index (Phi) is 6.42. The van der Waals surface area contributed by atoms with Crippen LogP contribution in [0.2, 0.25) is 0 Å². The highest BCUT2D eigenvalue weighted by molar-refractivity contribution is 5.70. The fourth-order valence-electron chi connectivity index (χ4n) is 2.13. The van der Waals surface area contributed by atoms with Crippen LogP contribution in [-0.4, -0.2) is 28.8 Å². The Morgan fingerprint density at radius 1 is 1.26 bits per heavy atom. The van der Waals surface area contributed by atoms with Gasteiger partial charge >= 0.3 is 12.1 Å². The van der Waals surface area contributed by atoms with Crippen molar-refractivity contribution >= 4 is 17.7 Å². The van der Waals surface area contributed by atoms with Gasteiger partial charge in [-0.3, -0.25) is 4.79 Å². The first-order chi connectivity index (χ1) is 10.6. The van der Waals surface area contributed by atoms with E-state index in [-0.39, 0.29) is 6.04 Å². The Hall–Kier alpha value is -2.24. The van der Waals surface area contributed by atoms with Gasteiger partial charge in [0.15, 0.2) is 0 Å². The molecule has 0 heterocycles. The van der Waals surface area contributed by atoms with Gasteiger partial charge in [0.05, 0.1) is 5.92 Å². The van der Waals surface area contributed by atoms with Gasteiger partial charge in [-0.1, -0.05) is 19.1 Å². The van der Waals surface area contributed by atoms with Crippen molar-refractivity contribution < 1.29 is 19.4 Å². The number of hydrogen-bond donors (Lipinski definition) is 3. The standard InChI is InChI=1S/C17H26N2O4/c1-11(15(20)21)9-14(19-16(22)23-17(2,3)4)10-12-5-7-13(18)8-6-12/h5-8,11,14H,9-10,18H2,1-4H3,(H,19,22)(H,20,21)/t11?,14-/m1/s1. The third kappa shape index (κ3) is 7.54. The average Bonchev–Trinajstić information content (AvgIpc) is 2.38. The number of carbonyl (C=O) groups excluding carboxylic acids is 1. The second kappa shape index (κ2) is 7.85. The van der Waals surface area contributed by atoms with E-state index < -0.39 is 23.6 Å². The summed E-state index contributed by atoms with van der Waals surface area (Å²) in [5.41, 5.74) is 6.68. The highest BCUT2D eigenvalue weighted by Crippen LogP contribution is 2.15. The van der Waals surface area contributed by atoms with Gasteiger partial charge in [0.25, 0.3) is 0 Å². The molecule has 0 spiro atoms. The third-order valence-electron chi connectivity index (χ3n) is 3.24. The molecule has 6 nitrogen and oxygen atoms in total. The molecular formula is C17H26N2O4. The number of benzene rings is 1. The minimum atomic E-state index is -0.890. The lowest BCUT2D eigenvalue weighted by Crippen LogP contribution is -2.41. The van der Waals surface area contributed by atoms with Crippen LogP contribution in [0.15, 0.2) is 24.3 Å². The molecule has 0 aliphatic heterocycles. The molecule has 4 N–H and O–H groups in total. The van der Waals surface area contributed by atoms with Gasteiger partial charge in [-0.05, 0) is 51.3 Å². The highest BCUT2D eigenvalue weighted by Gasteiger charge is 2.23. The lowest BCUT2D eigenvalue weighted by molar-refractivity contribution is -0.141. The summed E-state index contributed by atoms with van der Waals surface area (Å²) in [6.07, 6.45) is 0.284. The number of hydrogen-bond acceptors (Lipinski definition) is 4. The number of carboxylic acids is 1. The SMILES string of the molecule is CC(C[C@H](Cc1ccc(N)cc1)NC(=O)OC(C)(C)C)C(=O)O. The Balaban J connectivity index is 2.77. The van der Waals surface area contributed by atoms with Crippen molar-refractivity contribution in [1.29, 1.82) is 0 Å². The van der Waals surface area contributed by atoms with Gasteiger partial charge in [0.2, 0.25) is 0 Å². The Bertz CT molecular complexity index is 535. The molecule has 1 amide bonds. The predicted molar refractivity (Wildman–Crippen MR) is 89.1 cm³/mol. The molecule has 0 bridgehead atoms. The third-order valence-corrected chi connectivity index (χ3v) is 3.24. The molecule has 23 heavy (non-hydrogen) atoms. The van der Waals surface area contributed by atoms with Crippen molar-refractivity contribution in [3.05, 3.63) is 29.8 Å². The van der Waals surface area contributed by atoms with Gasteiger partial charge in [-0.15, -0.1) is 0 Å². The van der Waals surface area contributed by atoms with E-state index in [0.29, 0.717) is 18.5 Å². The predicted octanol–water partition coefficient (Wildman–Crippen LogP) is 2.82. The second-order valence-corrected chi connectivity index (χ2v) is 6.76. The number of carboxylic acid groups (broad SMARTS) is 1. The van der Waals surface area contributed by atoms with E-state index in [2.05, 4.69) is 5.32 Å². The molecule has 0 aliphatic carbocycles. The summed E-state index contributed by atoms with van der Waals surface area (Å²) in [7, 11) is 0. The molecule has 0 aromatic heterocycles. The molecule has 128 valence electrons. The van der Waals surface area contributed by atoms with Crippen molar-refractivity contribution in [3.8, 4) is 0 Å². The first kappa shape index (κ1) is 18.8. The van der Waals surface area contributed by atoms with Crippen molar-refractivity contribution in [2.45, 2.75) is 52.2 Å². The number of nitrogens with two attached hydrogens (primary N) is 1. The number of nitrogen functional groups attached to an aromatic ring is 1. The van der Waals surface area contributed by atoms with Crippen LogP contribution in [-0.2, 0) is 16.0 Å². The molecule has 0 fully saturated rings. The van der Waals surface area contributed by atoms with Crippen LogP contribution in [0.25, 0.3) is 0 Å². The molecule has 6 heteroatoms. The number of amides is 1. The van der Waals surface area contributed by atoms with Gasteiger partial charge in [-0.25, -0.2) is 4.79 Å². The van der Waals surface area contributed by atoms with Crippen molar-refractivity contribution in [2.75, 3.05) is 5.73 Å². The van der Waals surface area contributed by atoms with Crippen LogP contribution in [0, 0.1) is 5.92 Å². The highest BCUT2D eigenvalue weighted by atomic mass is 16.6. The maximum atomic E-state index is 12.0. The van der Waals surface area contributed by atoms with Crippen LogP contribution < -0.4 is 11.1 Å². The molecule has 1 rings (SSSR count). The molecular weight excluding hydrogens is 296 g/mol. The molecule has 0 radical (unpaired) electrons. The van der Waals surface area contributed by atoms with E-state index in [1.165, 1.54) is 0 Å². The summed E-state index contributed by atoms with van der Waals surface area (Å²) in [5, 5.41) is 11.9. The normalized spacial score (nSPS) is 13.9.